The number of rotatable bonds is 5. The van der Waals surface area contributed by atoms with E-state index in [2.05, 4.69) is 15.2 Å². The van der Waals surface area contributed by atoms with Crippen molar-refractivity contribution in [2.45, 2.75) is 5.75 Å². The Morgan fingerprint density at radius 2 is 2.22 bits per heavy atom. The molecule has 1 atom stereocenters. The molecule has 0 fully saturated rings. The molecule has 0 aliphatic heterocycles. The summed E-state index contributed by atoms with van der Waals surface area (Å²) in [4.78, 5) is 14.5. The highest BCUT2D eigenvalue weighted by Gasteiger charge is 2.14. The van der Waals surface area contributed by atoms with Crippen LogP contribution >= 0.6 is 0 Å². The van der Waals surface area contributed by atoms with Crippen LogP contribution in [0.2, 0.25) is 0 Å². The molecule has 23 heavy (non-hydrogen) atoms. The average molecular weight is 333 g/mol. The van der Waals surface area contributed by atoms with Crippen LogP contribution < -0.4 is 0 Å². The molecule has 2 heterocycles. The Hall–Kier alpha value is -2.88. The lowest BCUT2D eigenvalue weighted by atomic mass is 10.3. The van der Waals surface area contributed by atoms with Gasteiger partial charge in [-0.05, 0) is 12.1 Å². The maximum atomic E-state index is 11.1. The number of non-ortho nitro benzene ring substituents is 1. The van der Waals surface area contributed by atoms with Crippen LogP contribution in [0.25, 0.3) is 17.3 Å². The Labute approximate surface area is 132 Å². The summed E-state index contributed by atoms with van der Waals surface area (Å²) in [7, 11) is -1.07. The molecule has 0 aliphatic carbocycles. The van der Waals surface area contributed by atoms with Crippen molar-refractivity contribution in [1.29, 1.82) is 0 Å². The van der Waals surface area contributed by atoms with E-state index in [0.29, 0.717) is 17.2 Å². The molecule has 0 bridgehead atoms. The Morgan fingerprint density at radius 3 is 2.96 bits per heavy atom. The van der Waals surface area contributed by atoms with Crippen molar-refractivity contribution in [3.63, 3.8) is 0 Å². The highest BCUT2D eigenvalue weighted by atomic mass is 32.2. The fourth-order valence-electron chi connectivity index (χ4n) is 1.93. The first-order chi connectivity index (χ1) is 11.0. The number of nitro groups is 1. The van der Waals surface area contributed by atoms with Crippen molar-refractivity contribution in [3.05, 3.63) is 52.5 Å². The molecule has 0 aliphatic rings. The summed E-state index contributed by atoms with van der Waals surface area (Å²) in [6.45, 7) is 0. The van der Waals surface area contributed by atoms with E-state index in [1.54, 1.807) is 30.7 Å². The quantitative estimate of drug-likeness (QED) is 0.515. The second kappa shape index (κ2) is 6.08. The van der Waals surface area contributed by atoms with Crippen LogP contribution in [0.5, 0.6) is 0 Å². The summed E-state index contributed by atoms with van der Waals surface area (Å²) in [5, 5.41) is 18.8. The summed E-state index contributed by atoms with van der Waals surface area (Å²) < 4.78 is 17.7. The Balaban J connectivity index is 1.88. The van der Waals surface area contributed by atoms with Crippen molar-refractivity contribution in [2.24, 2.45) is 0 Å². The van der Waals surface area contributed by atoms with Gasteiger partial charge in [0, 0.05) is 35.4 Å². The summed E-state index contributed by atoms with van der Waals surface area (Å²) in [6, 6.07) is 7.75. The standard InChI is InChI=1S/C13H11N5O4S/c1-23(21)8-12-14-13(22-16-12)11-5-6-17(15-11)9-3-2-4-10(7-9)18(19)20/h2-7H,8H2,1H3/t23-/m0/s1. The van der Waals surface area contributed by atoms with Crippen LogP contribution in [0.1, 0.15) is 5.82 Å². The van der Waals surface area contributed by atoms with Gasteiger partial charge in [-0.2, -0.15) is 10.1 Å². The first-order valence-electron chi connectivity index (χ1n) is 6.46. The van der Waals surface area contributed by atoms with Crippen molar-refractivity contribution in [1.82, 2.24) is 19.9 Å². The van der Waals surface area contributed by atoms with E-state index in [9.17, 15) is 14.3 Å². The van der Waals surface area contributed by atoms with E-state index < -0.39 is 15.7 Å². The summed E-state index contributed by atoms with van der Waals surface area (Å²) in [5.74, 6) is 0.745. The lowest BCUT2D eigenvalue weighted by molar-refractivity contribution is -0.384. The molecule has 0 spiro atoms. The predicted molar refractivity (Wildman–Crippen MR) is 81.3 cm³/mol. The third kappa shape index (κ3) is 3.31. The molecule has 3 aromatic rings. The third-order valence-corrected chi connectivity index (χ3v) is 3.58. The van der Waals surface area contributed by atoms with E-state index in [-0.39, 0.29) is 17.3 Å². The van der Waals surface area contributed by atoms with Gasteiger partial charge in [-0.3, -0.25) is 14.3 Å². The zero-order chi connectivity index (χ0) is 16.4. The third-order valence-electron chi connectivity index (χ3n) is 2.91. The molecule has 0 saturated carbocycles. The molecule has 9 nitrogen and oxygen atoms in total. The SMILES string of the molecule is C[S@](=O)Cc1noc(-c2ccn(-c3cccc([N+](=O)[O-])c3)n2)n1. The normalized spacial score (nSPS) is 12.2. The van der Waals surface area contributed by atoms with Gasteiger partial charge in [0.05, 0.1) is 16.4 Å². The highest BCUT2D eigenvalue weighted by molar-refractivity contribution is 7.83. The van der Waals surface area contributed by atoms with Crippen molar-refractivity contribution in [2.75, 3.05) is 6.26 Å². The molecule has 1 aromatic carbocycles. The molecule has 0 unspecified atom stereocenters. The Morgan fingerprint density at radius 1 is 1.39 bits per heavy atom. The molecular weight excluding hydrogens is 322 g/mol. The van der Waals surface area contributed by atoms with Gasteiger partial charge in [0.2, 0.25) is 0 Å². The molecule has 118 valence electrons. The van der Waals surface area contributed by atoms with Crippen molar-refractivity contribution >= 4 is 16.5 Å². The van der Waals surface area contributed by atoms with E-state index in [0.717, 1.165) is 0 Å². The largest absolute Gasteiger partial charge is 0.332 e. The fraction of sp³-hybridized carbons (Fsp3) is 0.154. The van der Waals surface area contributed by atoms with Crippen LogP contribution in [0.3, 0.4) is 0 Å². The predicted octanol–water partition coefficient (Wildman–Crippen LogP) is 1.71. The number of nitro benzene ring substituents is 1. The number of hydrogen-bond donors (Lipinski definition) is 0. The van der Waals surface area contributed by atoms with E-state index >= 15 is 0 Å². The minimum atomic E-state index is -1.07. The van der Waals surface area contributed by atoms with Gasteiger partial charge in [0.25, 0.3) is 11.6 Å². The summed E-state index contributed by atoms with van der Waals surface area (Å²) in [5.41, 5.74) is 0.946. The monoisotopic (exact) mass is 333 g/mol. The minimum Gasteiger partial charge on any atom is -0.332 e. The first-order valence-corrected chi connectivity index (χ1v) is 8.19. The molecule has 0 saturated heterocycles. The van der Waals surface area contributed by atoms with Crippen molar-refractivity contribution < 1.29 is 13.7 Å². The first kappa shape index (κ1) is 15.0. The Kier molecular flexibility index (Phi) is 3.98. The second-order valence-corrected chi connectivity index (χ2v) is 6.09. The van der Waals surface area contributed by atoms with Crippen molar-refractivity contribution in [3.8, 4) is 17.3 Å². The zero-order valence-corrected chi connectivity index (χ0v) is 12.8. The number of hydrogen-bond acceptors (Lipinski definition) is 7. The molecule has 10 heteroatoms. The maximum Gasteiger partial charge on any atom is 0.278 e. The van der Waals surface area contributed by atoms with Crippen LogP contribution in [-0.4, -0.2) is 35.3 Å². The van der Waals surface area contributed by atoms with Gasteiger partial charge in [0.15, 0.2) is 11.5 Å². The highest BCUT2D eigenvalue weighted by Crippen LogP contribution is 2.19. The smallest absolute Gasteiger partial charge is 0.278 e. The molecule has 0 N–H and O–H groups in total. The number of aromatic nitrogens is 4. The molecule has 0 radical (unpaired) electrons. The summed E-state index contributed by atoms with van der Waals surface area (Å²) in [6.07, 6.45) is 3.18. The lowest BCUT2D eigenvalue weighted by Gasteiger charge is -2.00. The van der Waals surface area contributed by atoms with Gasteiger partial charge in [0.1, 0.15) is 0 Å². The molecule has 3 rings (SSSR count). The van der Waals surface area contributed by atoms with E-state index in [4.69, 9.17) is 4.52 Å². The zero-order valence-electron chi connectivity index (χ0n) is 11.9. The van der Waals surface area contributed by atoms with Gasteiger partial charge in [-0.1, -0.05) is 11.2 Å². The van der Waals surface area contributed by atoms with Crippen LogP contribution in [0.15, 0.2) is 41.1 Å². The Bertz CT molecular complexity index is 888. The van der Waals surface area contributed by atoms with Crippen LogP contribution in [0, 0.1) is 10.1 Å². The van der Waals surface area contributed by atoms with Crippen LogP contribution in [0.4, 0.5) is 5.69 Å². The van der Waals surface area contributed by atoms with Gasteiger partial charge >= 0.3 is 0 Å². The van der Waals surface area contributed by atoms with Gasteiger partial charge < -0.3 is 4.52 Å². The maximum absolute atomic E-state index is 11.1. The molecule has 0 amide bonds. The van der Waals surface area contributed by atoms with E-state index in [1.807, 2.05) is 0 Å². The topological polar surface area (TPSA) is 117 Å². The van der Waals surface area contributed by atoms with Gasteiger partial charge in [-0.25, -0.2) is 4.68 Å². The fourth-order valence-corrected chi connectivity index (χ4v) is 2.41. The minimum absolute atomic E-state index is 0.0231. The second-order valence-electron chi connectivity index (χ2n) is 4.66. The van der Waals surface area contributed by atoms with Gasteiger partial charge in [-0.15, -0.1) is 0 Å². The number of nitrogens with zero attached hydrogens (tertiary/aromatic N) is 5. The molecular formula is C13H11N5O4S. The number of benzene rings is 1. The lowest BCUT2D eigenvalue weighted by Crippen LogP contribution is -1.97. The summed E-state index contributed by atoms with van der Waals surface area (Å²) >= 11 is 0. The van der Waals surface area contributed by atoms with Crippen LogP contribution in [-0.2, 0) is 16.6 Å². The average Bonchev–Trinajstić information content (AvgIpc) is 3.15. The molecule has 2 aromatic heterocycles. The van der Waals surface area contributed by atoms with E-state index in [1.165, 1.54) is 16.8 Å².